The minimum Gasteiger partial charge on any atom is -0.488 e. The molecule has 2 aromatic rings. The predicted octanol–water partition coefficient (Wildman–Crippen LogP) is 4.33. The summed E-state index contributed by atoms with van der Waals surface area (Å²) in [6.07, 6.45) is 3.96. The molecule has 0 radical (unpaired) electrons. The van der Waals surface area contributed by atoms with Crippen molar-refractivity contribution in [2.45, 2.75) is 45.3 Å². The first-order valence-corrected chi connectivity index (χ1v) is 9.36. The Bertz CT molecular complexity index is 749. The number of carbonyl (C=O) groups is 1. The average molecular weight is 390 g/mol. The lowest BCUT2D eigenvalue weighted by Gasteiger charge is -2.27. The quantitative estimate of drug-likeness (QED) is 0.716. The second-order valence-electron chi connectivity index (χ2n) is 6.74. The molecule has 2 aromatic carbocycles. The molecule has 1 aliphatic rings. The van der Waals surface area contributed by atoms with Crippen LogP contribution in [0, 0.1) is 0 Å². The van der Waals surface area contributed by atoms with E-state index in [4.69, 9.17) is 9.47 Å². The van der Waals surface area contributed by atoms with Gasteiger partial charge in [0, 0.05) is 6.04 Å². The Kier molecular flexibility index (Phi) is 8.14. The van der Waals surface area contributed by atoms with Gasteiger partial charge in [-0.15, -0.1) is 12.4 Å². The molecule has 0 fully saturated rings. The lowest BCUT2D eigenvalue weighted by molar-refractivity contribution is 0.0593. The maximum Gasteiger partial charge on any atom is 0.341 e. The Labute approximate surface area is 167 Å². The van der Waals surface area contributed by atoms with Crippen LogP contribution in [-0.4, -0.2) is 25.7 Å². The molecule has 1 atom stereocenters. The van der Waals surface area contributed by atoms with E-state index in [1.54, 1.807) is 0 Å². The van der Waals surface area contributed by atoms with Gasteiger partial charge in [0.05, 0.1) is 7.11 Å². The first-order valence-electron chi connectivity index (χ1n) is 9.36. The van der Waals surface area contributed by atoms with Crippen LogP contribution < -0.4 is 10.1 Å². The number of carbonyl (C=O) groups excluding carboxylic acids is 1. The van der Waals surface area contributed by atoms with Gasteiger partial charge in [-0.25, -0.2) is 4.79 Å². The molecule has 0 aromatic heterocycles. The molecule has 4 nitrogen and oxygen atoms in total. The third-order valence-electron chi connectivity index (χ3n) is 4.89. The number of ether oxygens (including phenoxy) is 2. The molecule has 0 saturated heterocycles. The van der Waals surface area contributed by atoms with Gasteiger partial charge in [-0.3, -0.25) is 0 Å². The van der Waals surface area contributed by atoms with E-state index >= 15 is 0 Å². The Morgan fingerprint density at radius 2 is 1.96 bits per heavy atom. The van der Waals surface area contributed by atoms with E-state index in [1.807, 2.05) is 36.4 Å². The zero-order valence-corrected chi connectivity index (χ0v) is 16.8. The number of hydrogen-bond donors (Lipinski definition) is 1. The summed E-state index contributed by atoms with van der Waals surface area (Å²) in [7, 11) is 1.43. The van der Waals surface area contributed by atoms with E-state index in [0.29, 0.717) is 24.0 Å². The van der Waals surface area contributed by atoms with Crippen molar-refractivity contribution in [3.8, 4) is 5.75 Å². The fourth-order valence-corrected chi connectivity index (χ4v) is 3.54. The van der Waals surface area contributed by atoms with E-state index in [0.717, 1.165) is 43.4 Å². The molecule has 0 amide bonds. The predicted molar refractivity (Wildman–Crippen MR) is 110 cm³/mol. The van der Waals surface area contributed by atoms with Gasteiger partial charge in [0.1, 0.15) is 17.9 Å². The highest BCUT2D eigenvalue weighted by molar-refractivity contribution is 5.94. The van der Waals surface area contributed by atoms with Gasteiger partial charge in [-0.1, -0.05) is 43.3 Å². The second-order valence-corrected chi connectivity index (χ2v) is 6.74. The molecular formula is C22H28ClNO3. The SMILES string of the molecule is CCCNC1CCc2c(ccc(OCc3ccccc3)c2C(=O)OC)C1.Cl. The lowest BCUT2D eigenvalue weighted by atomic mass is 9.85. The van der Waals surface area contributed by atoms with Gasteiger partial charge < -0.3 is 14.8 Å². The van der Waals surface area contributed by atoms with E-state index < -0.39 is 0 Å². The number of methoxy groups -OCH3 is 1. The summed E-state index contributed by atoms with van der Waals surface area (Å²) in [6, 6.07) is 14.5. The monoisotopic (exact) mass is 389 g/mol. The van der Waals surface area contributed by atoms with Gasteiger partial charge in [0.2, 0.25) is 0 Å². The highest BCUT2D eigenvalue weighted by Gasteiger charge is 2.26. The Morgan fingerprint density at radius 3 is 2.67 bits per heavy atom. The van der Waals surface area contributed by atoms with Crippen LogP contribution in [0.4, 0.5) is 0 Å². The van der Waals surface area contributed by atoms with E-state index in [1.165, 1.54) is 12.7 Å². The number of benzene rings is 2. The molecule has 146 valence electrons. The maximum absolute atomic E-state index is 12.5. The summed E-state index contributed by atoms with van der Waals surface area (Å²) in [5, 5.41) is 3.59. The Balaban J connectivity index is 0.00000261. The average Bonchev–Trinajstić information content (AvgIpc) is 2.70. The molecule has 0 saturated carbocycles. The Hall–Kier alpha value is -2.04. The summed E-state index contributed by atoms with van der Waals surface area (Å²) in [5.41, 5.74) is 3.97. The van der Waals surface area contributed by atoms with Gasteiger partial charge >= 0.3 is 5.97 Å². The third-order valence-corrected chi connectivity index (χ3v) is 4.89. The number of rotatable bonds is 7. The standard InChI is InChI=1S/C22H27NO3.ClH/c1-3-13-23-18-10-11-19-17(14-18)9-12-20(21(19)22(24)25-2)26-15-16-7-5-4-6-8-16;/h4-9,12,18,23H,3,10-11,13-15H2,1-2H3;1H. The van der Waals surface area contributed by atoms with E-state index in [2.05, 4.69) is 18.3 Å². The molecular weight excluding hydrogens is 362 g/mol. The molecule has 0 bridgehead atoms. The summed E-state index contributed by atoms with van der Waals surface area (Å²) >= 11 is 0. The fourth-order valence-electron chi connectivity index (χ4n) is 3.54. The molecule has 1 aliphatic carbocycles. The van der Waals surface area contributed by atoms with Gasteiger partial charge in [-0.05, 0) is 55.0 Å². The van der Waals surface area contributed by atoms with Crippen molar-refractivity contribution in [3.05, 3.63) is 64.7 Å². The summed E-state index contributed by atoms with van der Waals surface area (Å²) in [4.78, 5) is 12.5. The fraction of sp³-hybridized carbons (Fsp3) is 0.409. The number of hydrogen-bond acceptors (Lipinski definition) is 4. The van der Waals surface area contributed by atoms with Crippen LogP contribution in [0.25, 0.3) is 0 Å². The van der Waals surface area contributed by atoms with Crippen LogP contribution in [-0.2, 0) is 24.2 Å². The normalized spacial score (nSPS) is 15.4. The molecule has 0 spiro atoms. The third kappa shape index (κ3) is 5.24. The molecule has 0 aliphatic heterocycles. The van der Waals surface area contributed by atoms with Crippen LogP contribution in [0.3, 0.4) is 0 Å². The largest absolute Gasteiger partial charge is 0.488 e. The van der Waals surface area contributed by atoms with Gasteiger partial charge in [0.15, 0.2) is 0 Å². The topological polar surface area (TPSA) is 47.6 Å². The molecule has 3 rings (SSSR count). The van der Waals surface area contributed by atoms with E-state index in [-0.39, 0.29) is 18.4 Å². The summed E-state index contributed by atoms with van der Waals surface area (Å²) in [6.45, 7) is 3.64. The second kappa shape index (κ2) is 10.3. The maximum atomic E-state index is 12.5. The minimum atomic E-state index is -0.315. The van der Waals surface area contributed by atoms with Crippen LogP contribution in [0.15, 0.2) is 42.5 Å². The van der Waals surface area contributed by atoms with Crippen molar-refractivity contribution < 1.29 is 14.3 Å². The van der Waals surface area contributed by atoms with Crippen LogP contribution in [0.2, 0.25) is 0 Å². The number of esters is 1. The zero-order chi connectivity index (χ0) is 18.4. The number of nitrogens with one attached hydrogen (secondary N) is 1. The van der Waals surface area contributed by atoms with Crippen molar-refractivity contribution in [3.63, 3.8) is 0 Å². The van der Waals surface area contributed by atoms with Crippen molar-refractivity contribution in [1.29, 1.82) is 0 Å². The van der Waals surface area contributed by atoms with E-state index in [9.17, 15) is 4.79 Å². The zero-order valence-electron chi connectivity index (χ0n) is 16.0. The molecule has 27 heavy (non-hydrogen) atoms. The van der Waals surface area contributed by atoms with Crippen LogP contribution >= 0.6 is 12.4 Å². The van der Waals surface area contributed by atoms with Crippen molar-refractivity contribution in [2.24, 2.45) is 0 Å². The number of halogens is 1. The Morgan fingerprint density at radius 1 is 1.19 bits per heavy atom. The molecule has 1 N–H and O–H groups in total. The first-order chi connectivity index (χ1) is 12.7. The number of fused-ring (bicyclic) bond motifs is 1. The molecule has 0 heterocycles. The summed E-state index contributed by atoms with van der Waals surface area (Å²) in [5.74, 6) is 0.296. The van der Waals surface area contributed by atoms with Gasteiger partial charge in [-0.2, -0.15) is 0 Å². The van der Waals surface area contributed by atoms with Gasteiger partial charge in [0.25, 0.3) is 0 Å². The van der Waals surface area contributed by atoms with Crippen LogP contribution in [0.5, 0.6) is 5.75 Å². The van der Waals surface area contributed by atoms with Crippen molar-refractivity contribution in [2.75, 3.05) is 13.7 Å². The van der Waals surface area contributed by atoms with Crippen molar-refractivity contribution in [1.82, 2.24) is 5.32 Å². The smallest absolute Gasteiger partial charge is 0.341 e. The lowest BCUT2D eigenvalue weighted by Crippen LogP contribution is -2.35. The van der Waals surface area contributed by atoms with Crippen LogP contribution in [0.1, 0.15) is 46.8 Å². The first kappa shape index (κ1) is 21.3. The minimum absolute atomic E-state index is 0. The molecule has 1 unspecified atom stereocenters. The highest BCUT2D eigenvalue weighted by Crippen LogP contribution is 2.32. The molecule has 5 heteroatoms. The highest BCUT2D eigenvalue weighted by atomic mass is 35.5. The van der Waals surface area contributed by atoms with Crippen molar-refractivity contribution >= 4 is 18.4 Å². The summed E-state index contributed by atoms with van der Waals surface area (Å²) < 4.78 is 11.0.